The third-order valence-corrected chi connectivity index (χ3v) is 6.80. The van der Waals surface area contributed by atoms with E-state index in [9.17, 15) is 0 Å². The second kappa shape index (κ2) is 11.1. The molecule has 0 atom stereocenters. The van der Waals surface area contributed by atoms with E-state index in [0.29, 0.717) is 45.7 Å². The molecule has 0 amide bonds. The van der Waals surface area contributed by atoms with Gasteiger partial charge in [0.15, 0.2) is 0 Å². The molecular formula is C30H34N4O4. The maximum absolute atomic E-state index is 6.19. The minimum absolute atomic E-state index is 0.235. The van der Waals surface area contributed by atoms with Gasteiger partial charge in [0, 0.05) is 11.8 Å². The highest BCUT2D eigenvalue weighted by Crippen LogP contribution is 2.47. The summed E-state index contributed by atoms with van der Waals surface area (Å²) in [6.07, 6.45) is 0. The summed E-state index contributed by atoms with van der Waals surface area (Å²) in [5.74, 6) is 1.86. The van der Waals surface area contributed by atoms with E-state index in [1.165, 1.54) is 0 Å². The van der Waals surface area contributed by atoms with Crippen molar-refractivity contribution >= 4 is 22.7 Å². The van der Waals surface area contributed by atoms with Crippen LogP contribution in [-0.4, -0.2) is 28.4 Å². The van der Waals surface area contributed by atoms with Crippen molar-refractivity contribution in [3.63, 3.8) is 0 Å². The largest absolute Gasteiger partial charge is 0.495 e. The van der Waals surface area contributed by atoms with Gasteiger partial charge >= 0.3 is 0 Å². The Bertz CT molecular complexity index is 1220. The molecule has 8 heteroatoms. The van der Waals surface area contributed by atoms with E-state index in [-0.39, 0.29) is 11.8 Å². The first-order valence-electron chi connectivity index (χ1n) is 12.0. The average Bonchev–Trinajstić information content (AvgIpc) is 2.93. The predicted octanol–water partition coefficient (Wildman–Crippen LogP) is 5.01. The van der Waals surface area contributed by atoms with Gasteiger partial charge in [-0.2, -0.15) is 0 Å². The quantitative estimate of drug-likeness (QED) is 0.228. The smallest absolute Gasteiger partial charge is 0.142 e. The number of nitrogens with two attached hydrogens (primary N) is 4. The maximum atomic E-state index is 6.19. The highest BCUT2D eigenvalue weighted by atomic mass is 16.5. The third kappa shape index (κ3) is 5.06. The summed E-state index contributed by atoms with van der Waals surface area (Å²) in [5.41, 5.74) is 30.8. The molecule has 4 aromatic rings. The molecule has 0 radical (unpaired) electrons. The third-order valence-electron chi connectivity index (χ3n) is 6.80. The van der Waals surface area contributed by atoms with Crippen molar-refractivity contribution in [3.8, 4) is 23.0 Å². The van der Waals surface area contributed by atoms with Crippen molar-refractivity contribution in [2.24, 2.45) is 0 Å². The summed E-state index contributed by atoms with van der Waals surface area (Å²) < 4.78 is 22.4. The van der Waals surface area contributed by atoms with E-state index in [4.69, 9.17) is 41.9 Å². The summed E-state index contributed by atoms with van der Waals surface area (Å²) in [6, 6.07) is 23.2. The zero-order valence-electron chi connectivity index (χ0n) is 22.0. The molecule has 0 aliphatic carbocycles. The van der Waals surface area contributed by atoms with E-state index >= 15 is 0 Å². The Kier molecular flexibility index (Phi) is 7.71. The van der Waals surface area contributed by atoms with Gasteiger partial charge in [-0.05, 0) is 70.8 Å². The summed E-state index contributed by atoms with van der Waals surface area (Å²) >= 11 is 0. The van der Waals surface area contributed by atoms with Gasteiger partial charge in [0.1, 0.15) is 23.0 Å². The summed E-state index contributed by atoms with van der Waals surface area (Å²) in [6.45, 7) is 0. The van der Waals surface area contributed by atoms with Gasteiger partial charge in [0.2, 0.25) is 0 Å². The molecule has 198 valence electrons. The molecule has 0 spiro atoms. The Morgan fingerprint density at radius 3 is 0.789 bits per heavy atom. The van der Waals surface area contributed by atoms with Gasteiger partial charge in [-0.25, -0.2) is 0 Å². The molecule has 0 aromatic heterocycles. The Morgan fingerprint density at radius 1 is 0.395 bits per heavy atom. The molecule has 38 heavy (non-hydrogen) atoms. The van der Waals surface area contributed by atoms with Gasteiger partial charge in [-0.1, -0.05) is 24.3 Å². The molecule has 0 aliphatic rings. The molecule has 8 N–H and O–H groups in total. The molecule has 0 saturated carbocycles. The zero-order chi connectivity index (χ0) is 27.4. The lowest BCUT2D eigenvalue weighted by Gasteiger charge is -2.31. The Labute approximate surface area is 223 Å². The van der Waals surface area contributed by atoms with Crippen LogP contribution >= 0.6 is 0 Å². The summed E-state index contributed by atoms with van der Waals surface area (Å²) in [5, 5.41) is 0. The van der Waals surface area contributed by atoms with Gasteiger partial charge < -0.3 is 41.9 Å². The Balaban J connectivity index is 2.06. The molecule has 0 heterocycles. The Hall–Kier alpha value is -4.72. The van der Waals surface area contributed by atoms with Gasteiger partial charge in [-0.15, -0.1) is 0 Å². The zero-order valence-corrected chi connectivity index (χ0v) is 22.0. The average molecular weight is 515 g/mol. The number of ether oxygens (including phenoxy) is 4. The van der Waals surface area contributed by atoms with Crippen LogP contribution in [0.1, 0.15) is 34.1 Å². The molecule has 0 saturated heterocycles. The van der Waals surface area contributed by atoms with Crippen molar-refractivity contribution in [1.82, 2.24) is 0 Å². The van der Waals surface area contributed by atoms with Crippen LogP contribution in [0.4, 0.5) is 22.7 Å². The van der Waals surface area contributed by atoms with Crippen LogP contribution in [0.25, 0.3) is 0 Å². The number of methoxy groups -OCH3 is 4. The number of hydrogen-bond acceptors (Lipinski definition) is 8. The number of benzene rings is 4. The van der Waals surface area contributed by atoms with Crippen molar-refractivity contribution in [2.45, 2.75) is 11.8 Å². The minimum Gasteiger partial charge on any atom is -0.495 e. The van der Waals surface area contributed by atoms with E-state index in [1.54, 1.807) is 28.4 Å². The van der Waals surface area contributed by atoms with E-state index < -0.39 is 0 Å². The Morgan fingerprint density at radius 2 is 0.605 bits per heavy atom. The van der Waals surface area contributed by atoms with Crippen LogP contribution in [0.3, 0.4) is 0 Å². The van der Waals surface area contributed by atoms with Crippen molar-refractivity contribution in [1.29, 1.82) is 0 Å². The predicted molar refractivity (Wildman–Crippen MR) is 153 cm³/mol. The summed E-state index contributed by atoms with van der Waals surface area (Å²) in [7, 11) is 6.40. The lowest BCUT2D eigenvalue weighted by Crippen LogP contribution is -2.16. The number of rotatable bonds is 9. The first-order valence-corrected chi connectivity index (χ1v) is 12.0. The van der Waals surface area contributed by atoms with Crippen molar-refractivity contribution in [2.75, 3.05) is 51.4 Å². The molecule has 0 aliphatic heterocycles. The highest BCUT2D eigenvalue weighted by molar-refractivity contribution is 5.63. The van der Waals surface area contributed by atoms with E-state index in [0.717, 1.165) is 22.3 Å². The molecule has 0 unspecified atom stereocenters. The molecule has 8 nitrogen and oxygen atoms in total. The lowest BCUT2D eigenvalue weighted by molar-refractivity contribution is 0.413. The number of anilines is 4. The molecule has 4 rings (SSSR count). The van der Waals surface area contributed by atoms with Crippen LogP contribution in [0, 0.1) is 0 Å². The monoisotopic (exact) mass is 514 g/mol. The second-order valence-electron chi connectivity index (χ2n) is 8.96. The fourth-order valence-corrected chi connectivity index (χ4v) is 4.84. The second-order valence-corrected chi connectivity index (χ2v) is 8.96. The summed E-state index contributed by atoms with van der Waals surface area (Å²) in [4.78, 5) is 0. The number of hydrogen-bond donors (Lipinski definition) is 4. The molecular weight excluding hydrogens is 480 g/mol. The van der Waals surface area contributed by atoms with Crippen LogP contribution in [0.2, 0.25) is 0 Å². The molecule has 0 fully saturated rings. The molecule has 4 aromatic carbocycles. The van der Waals surface area contributed by atoms with Crippen LogP contribution in [0.15, 0.2) is 72.8 Å². The van der Waals surface area contributed by atoms with Gasteiger partial charge in [0.05, 0.1) is 51.2 Å². The van der Waals surface area contributed by atoms with Crippen molar-refractivity contribution in [3.05, 3.63) is 95.1 Å². The molecule has 0 bridgehead atoms. The lowest BCUT2D eigenvalue weighted by atomic mass is 9.73. The maximum Gasteiger partial charge on any atom is 0.142 e. The highest BCUT2D eigenvalue weighted by Gasteiger charge is 2.31. The van der Waals surface area contributed by atoms with Crippen LogP contribution < -0.4 is 41.9 Å². The minimum atomic E-state index is -0.235. The van der Waals surface area contributed by atoms with Crippen LogP contribution in [-0.2, 0) is 0 Å². The first-order chi connectivity index (χ1) is 18.3. The standard InChI is InChI=1S/C30H34N4O4/c1-35-25-13-17(5-9-21(25)31)29(18-6-10-22(32)26(14-18)36-2)30(19-7-11-23(33)27(15-19)37-3)20-8-12-24(34)28(16-20)38-4/h5-16,29-30H,31-34H2,1-4H3. The number of nitrogen functional groups attached to an aromatic ring is 4. The van der Waals surface area contributed by atoms with Gasteiger partial charge in [0.25, 0.3) is 0 Å². The van der Waals surface area contributed by atoms with Gasteiger partial charge in [-0.3, -0.25) is 0 Å². The van der Waals surface area contributed by atoms with E-state index in [2.05, 4.69) is 0 Å². The topological polar surface area (TPSA) is 141 Å². The SMILES string of the molecule is COc1cc(C(c2ccc(N)c(OC)c2)C(c2ccc(N)c(OC)c2)c2ccc(N)c(OC)c2)ccc1N. The van der Waals surface area contributed by atoms with Crippen molar-refractivity contribution < 1.29 is 18.9 Å². The normalized spacial score (nSPS) is 11.0. The fraction of sp³-hybridized carbons (Fsp3) is 0.200. The fourth-order valence-electron chi connectivity index (χ4n) is 4.84. The van der Waals surface area contributed by atoms with Crippen LogP contribution in [0.5, 0.6) is 23.0 Å². The van der Waals surface area contributed by atoms with E-state index in [1.807, 2.05) is 72.8 Å². The first kappa shape index (κ1) is 26.3.